The van der Waals surface area contributed by atoms with Gasteiger partial charge >= 0.3 is 0 Å². The molecule has 4 nitrogen and oxygen atoms in total. The molecule has 2 heterocycles. The van der Waals surface area contributed by atoms with Crippen LogP contribution < -0.4 is 10.5 Å². The zero-order valence-corrected chi connectivity index (χ0v) is 13.4. The third-order valence-electron chi connectivity index (χ3n) is 3.38. The molecular weight excluding hydrogens is 294 g/mol. The minimum absolute atomic E-state index is 0.518. The normalized spacial score (nSPS) is 10.6. The van der Waals surface area contributed by atoms with Gasteiger partial charge in [0.05, 0.1) is 22.7 Å². The van der Waals surface area contributed by atoms with Crippen molar-refractivity contribution in [3.63, 3.8) is 0 Å². The van der Waals surface area contributed by atoms with Crippen molar-refractivity contribution in [2.45, 2.75) is 13.3 Å². The molecule has 2 aromatic heterocycles. The summed E-state index contributed by atoms with van der Waals surface area (Å²) in [7, 11) is 1.66. The first-order chi connectivity index (χ1) is 10.7. The summed E-state index contributed by atoms with van der Waals surface area (Å²) in [6.07, 6.45) is 2.64. The summed E-state index contributed by atoms with van der Waals surface area (Å²) in [6.45, 7) is 2.11. The quantitative estimate of drug-likeness (QED) is 0.790. The number of methoxy groups -OCH3 is 1. The molecule has 0 saturated heterocycles. The van der Waals surface area contributed by atoms with Crippen molar-refractivity contribution in [1.82, 2.24) is 9.97 Å². The predicted molar refractivity (Wildman–Crippen MR) is 91.1 cm³/mol. The highest BCUT2D eigenvalue weighted by molar-refractivity contribution is 7.15. The molecule has 0 atom stereocenters. The lowest BCUT2D eigenvalue weighted by Gasteiger charge is -2.05. The van der Waals surface area contributed by atoms with Gasteiger partial charge in [-0.15, -0.1) is 11.3 Å². The first-order valence-corrected chi connectivity index (χ1v) is 7.89. The van der Waals surface area contributed by atoms with Crippen molar-refractivity contribution in [1.29, 1.82) is 0 Å². The maximum absolute atomic E-state index is 5.82. The maximum Gasteiger partial charge on any atom is 0.123 e. The Balaban J connectivity index is 2.12. The summed E-state index contributed by atoms with van der Waals surface area (Å²) < 4.78 is 5.22. The van der Waals surface area contributed by atoms with E-state index in [0.717, 1.165) is 38.9 Å². The maximum atomic E-state index is 5.82. The lowest BCUT2D eigenvalue weighted by molar-refractivity contribution is 0.415. The second-order valence-corrected chi connectivity index (χ2v) is 5.92. The van der Waals surface area contributed by atoms with Crippen molar-refractivity contribution >= 4 is 17.2 Å². The molecule has 112 valence electrons. The molecule has 0 aliphatic carbocycles. The van der Waals surface area contributed by atoms with Crippen LogP contribution in [-0.2, 0) is 6.42 Å². The summed E-state index contributed by atoms with van der Waals surface area (Å²) in [6, 6.07) is 11.8. The number of ether oxygens (including phenoxy) is 1. The Morgan fingerprint density at radius 1 is 1.14 bits per heavy atom. The van der Waals surface area contributed by atoms with Gasteiger partial charge in [0.25, 0.3) is 0 Å². The second-order valence-electron chi connectivity index (χ2n) is 4.84. The third kappa shape index (κ3) is 2.80. The fourth-order valence-electron chi connectivity index (χ4n) is 2.25. The summed E-state index contributed by atoms with van der Waals surface area (Å²) in [5.41, 5.74) is 8.92. The highest BCUT2D eigenvalue weighted by Gasteiger charge is 2.14. The predicted octanol–water partition coefficient (Wildman–Crippen LogP) is 4.03. The van der Waals surface area contributed by atoms with Gasteiger partial charge in [0.15, 0.2) is 0 Å². The molecule has 3 rings (SSSR count). The average molecular weight is 311 g/mol. The van der Waals surface area contributed by atoms with E-state index in [1.807, 2.05) is 36.4 Å². The average Bonchev–Trinajstić information content (AvgIpc) is 2.99. The Morgan fingerprint density at radius 2 is 1.91 bits per heavy atom. The molecule has 0 spiro atoms. The highest BCUT2D eigenvalue weighted by atomic mass is 32.1. The van der Waals surface area contributed by atoms with E-state index in [2.05, 4.69) is 11.9 Å². The standard InChI is InChI=1S/C17H17N3OS/c1-3-15-20-16(11-4-6-13(21-2)7-5-11)17(22-15)12-8-9-19-14(18)10-12/h4-10H,3H2,1-2H3,(H2,18,19). The topological polar surface area (TPSA) is 61.0 Å². The van der Waals surface area contributed by atoms with Crippen molar-refractivity contribution in [2.75, 3.05) is 12.8 Å². The number of nitrogens with zero attached hydrogens (tertiary/aromatic N) is 2. The number of rotatable bonds is 4. The monoisotopic (exact) mass is 311 g/mol. The number of nitrogen functional groups attached to an aromatic ring is 1. The van der Waals surface area contributed by atoms with Crippen LogP contribution in [0.15, 0.2) is 42.6 Å². The van der Waals surface area contributed by atoms with Gasteiger partial charge in [-0.2, -0.15) is 0 Å². The Kier molecular flexibility index (Phi) is 4.06. The van der Waals surface area contributed by atoms with Crippen LogP contribution in [0, 0.1) is 0 Å². The van der Waals surface area contributed by atoms with Gasteiger partial charge in [0.1, 0.15) is 11.6 Å². The van der Waals surface area contributed by atoms with E-state index in [-0.39, 0.29) is 0 Å². The van der Waals surface area contributed by atoms with E-state index in [4.69, 9.17) is 15.5 Å². The fourth-order valence-corrected chi connectivity index (χ4v) is 3.27. The Bertz CT molecular complexity index is 781. The van der Waals surface area contributed by atoms with Crippen LogP contribution in [0.25, 0.3) is 21.7 Å². The van der Waals surface area contributed by atoms with Crippen LogP contribution in [0.3, 0.4) is 0 Å². The molecule has 22 heavy (non-hydrogen) atoms. The number of aromatic nitrogens is 2. The van der Waals surface area contributed by atoms with E-state index in [9.17, 15) is 0 Å². The molecule has 0 unspecified atom stereocenters. The first-order valence-electron chi connectivity index (χ1n) is 7.07. The summed E-state index contributed by atoms with van der Waals surface area (Å²) in [5.74, 6) is 1.36. The molecule has 0 fully saturated rings. The fraction of sp³-hybridized carbons (Fsp3) is 0.176. The van der Waals surface area contributed by atoms with E-state index in [0.29, 0.717) is 5.82 Å². The highest BCUT2D eigenvalue weighted by Crippen LogP contribution is 2.37. The minimum Gasteiger partial charge on any atom is -0.497 e. The van der Waals surface area contributed by atoms with E-state index in [1.165, 1.54) is 0 Å². The van der Waals surface area contributed by atoms with Crippen LogP contribution in [0.5, 0.6) is 5.75 Å². The van der Waals surface area contributed by atoms with Gasteiger partial charge in [-0.1, -0.05) is 6.92 Å². The number of hydrogen-bond donors (Lipinski definition) is 1. The SMILES string of the molecule is CCc1nc(-c2ccc(OC)cc2)c(-c2ccnc(N)c2)s1. The van der Waals surface area contributed by atoms with E-state index in [1.54, 1.807) is 24.6 Å². The number of aryl methyl sites for hydroxylation is 1. The van der Waals surface area contributed by atoms with E-state index < -0.39 is 0 Å². The lowest BCUT2D eigenvalue weighted by atomic mass is 10.1. The number of nitrogens with two attached hydrogens (primary N) is 1. The molecular formula is C17H17N3OS. The van der Waals surface area contributed by atoms with Crippen molar-refractivity contribution in [2.24, 2.45) is 0 Å². The molecule has 0 amide bonds. The second kappa shape index (κ2) is 6.15. The molecule has 0 aliphatic heterocycles. The number of benzene rings is 1. The molecule has 5 heteroatoms. The van der Waals surface area contributed by atoms with Crippen LogP contribution in [0.1, 0.15) is 11.9 Å². The zero-order valence-electron chi connectivity index (χ0n) is 12.5. The molecule has 1 aromatic carbocycles. The smallest absolute Gasteiger partial charge is 0.123 e. The first kappa shape index (κ1) is 14.5. The molecule has 0 saturated carbocycles. The number of thiazole rings is 1. The van der Waals surface area contributed by atoms with Crippen molar-refractivity contribution < 1.29 is 4.74 Å². The number of hydrogen-bond acceptors (Lipinski definition) is 5. The van der Waals surface area contributed by atoms with Gasteiger partial charge in [0.2, 0.25) is 0 Å². The van der Waals surface area contributed by atoms with Crippen LogP contribution in [-0.4, -0.2) is 17.1 Å². The Morgan fingerprint density at radius 3 is 2.55 bits per heavy atom. The van der Waals surface area contributed by atoms with Gasteiger partial charge in [0, 0.05) is 11.8 Å². The van der Waals surface area contributed by atoms with Gasteiger partial charge in [-0.3, -0.25) is 0 Å². The molecule has 0 bridgehead atoms. The third-order valence-corrected chi connectivity index (χ3v) is 4.63. The summed E-state index contributed by atoms with van der Waals surface area (Å²) >= 11 is 1.70. The van der Waals surface area contributed by atoms with Crippen molar-refractivity contribution in [3.8, 4) is 27.4 Å². The van der Waals surface area contributed by atoms with Crippen molar-refractivity contribution in [3.05, 3.63) is 47.6 Å². The van der Waals surface area contributed by atoms with Crippen LogP contribution in [0.2, 0.25) is 0 Å². The van der Waals surface area contributed by atoms with Gasteiger partial charge in [-0.25, -0.2) is 9.97 Å². The molecule has 2 N–H and O–H groups in total. The molecule has 3 aromatic rings. The zero-order chi connectivity index (χ0) is 15.5. The number of pyridine rings is 1. The van der Waals surface area contributed by atoms with Crippen LogP contribution in [0.4, 0.5) is 5.82 Å². The lowest BCUT2D eigenvalue weighted by Crippen LogP contribution is -1.90. The largest absolute Gasteiger partial charge is 0.497 e. The van der Waals surface area contributed by atoms with Gasteiger partial charge < -0.3 is 10.5 Å². The summed E-state index contributed by atoms with van der Waals surface area (Å²) in [4.78, 5) is 9.96. The van der Waals surface area contributed by atoms with E-state index >= 15 is 0 Å². The Hall–Kier alpha value is -2.40. The number of anilines is 1. The Labute approximate surface area is 133 Å². The summed E-state index contributed by atoms with van der Waals surface area (Å²) in [5, 5.41) is 1.11. The molecule has 0 radical (unpaired) electrons. The minimum atomic E-state index is 0.518. The van der Waals surface area contributed by atoms with Crippen LogP contribution >= 0.6 is 11.3 Å². The molecule has 0 aliphatic rings. The van der Waals surface area contributed by atoms with Gasteiger partial charge in [-0.05, 0) is 48.4 Å².